The summed E-state index contributed by atoms with van der Waals surface area (Å²) in [6.45, 7) is 1.90. The molecule has 0 bridgehead atoms. The highest BCUT2D eigenvalue weighted by atomic mass is 16.4. The lowest BCUT2D eigenvalue weighted by atomic mass is 10.0. The molecule has 0 radical (unpaired) electrons. The molecule has 0 aromatic rings. The molecule has 12 heteroatoms. The van der Waals surface area contributed by atoms with Crippen molar-refractivity contribution in [3.63, 3.8) is 0 Å². The van der Waals surface area contributed by atoms with Crippen molar-refractivity contribution in [1.29, 1.82) is 0 Å². The SMILES string of the molecule is CC(C)C(NC(=O)CNC(=O)C(N)CC(N)=O)C(=O)NC(CO)C(=O)O. The molecule has 0 rings (SSSR count). The fraction of sp³-hybridized carbons (Fsp3) is 0.643. The first kappa shape index (κ1) is 23.3. The lowest BCUT2D eigenvalue weighted by Crippen LogP contribution is -2.56. The number of rotatable bonds is 11. The summed E-state index contributed by atoms with van der Waals surface area (Å²) in [6, 6.07) is -3.80. The molecular formula is C14H25N5O7. The maximum atomic E-state index is 12.1. The summed E-state index contributed by atoms with van der Waals surface area (Å²) in [5.41, 5.74) is 10.3. The van der Waals surface area contributed by atoms with Gasteiger partial charge in [-0.05, 0) is 5.92 Å². The quantitative estimate of drug-likeness (QED) is 0.188. The zero-order valence-corrected chi connectivity index (χ0v) is 14.5. The van der Waals surface area contributed by atoms with Gasteiger partial charge >= 0.3 is 5.97 Å². The van der Waals surface area contributed by atoms with Crippen molar-refractivity contribution in [2.24, 2.45) is 17.4 Å². The van der Waals surface area contributed by atoms with E-state index in [1.165, 1.54) is 0 Å². The van der Waals surface area contributed by atoms with Gasteiger partial charge in [0.25, 0.3) is 0 Å². The van der Waals surface area contributed by atoms with Crippen molar-refractivity contribution < 1.29 is 34.2 Å². The van der Waals surface area contributed by atoms with Crippen molar-refractivity contribution >= 4 is 29.6 Å². The zero-order valence-electron chi connectivity index (χ0n) is 14.5. The van der Waals surface area contributed by atoms with Crippen molar-refractivity contribution in [3.8, 4) is 0 Å². The van der Waals surface area contributed by atoms with Crippen LogP contribution < -0.4 is 27.4 Å². The van der Waals surface area contributed by atoms with Gasteiger partial charge in [-0.15, -0.1) is 0 Å². The third kappa shape index (κ3) is 8.39. The van der Waals surface area contributed by atoms with Crippen LogP contribution in [0, 0.1) is 5.92 Å². The average molecular weight is 375 g/mol. The number of nitrogens with one attached hydrogen (secondary N) is 3. The second-order valence-electron chi connectivity index (χ2n) is 5.87. The van der Waals surface area contributed by atoms with Crippen LogP contribution in [0.5, 0.6) is 0 Å². The number of primary amides is 1. The van der Waals surface area contributed by atoms with E-state index < -0.39 is 66.8 Å². The van der Waals surface area contributed by atoms with Crippen molar-refractivity contribution in [1.82, 2.24) is 16.0 Å². The summed E-state index contributed by atoms with van der Waals surface area (Å²) in [5, 5.41) is 24.4. The first-order valence-corrected chi connectivity index (χ1v) is 7.74. The van der Waals surface area contributed by atoms with Gasteiger partial charge in [0.15, 0.2) is 0 Å². The highest BCUT2D eigenvalue weighted by Crippen LogP contribution is 2.02. The molecule has 3 atom stereocenters. The normalized spacial score (nSPS) is 14.0. The van der Waals surface area contributed by atoms with E-state index in [0.29, 0.717) is 0 Å². The molecule has 0 fully saturated rings. The molecule has 0 saturated carbocycles. The van der Waals surface area contributed by atoms with Crippen LogP contribution in [0.15, 0.2) is 0 Å². The Labute approximate surface area is 149 Å². The number of amides is 4. The molecule has 0 heterocycles. The smallest absolute Gasteiger partial charge is 0.328 e. The molecule has 3 unspecified atom stereocenters. The van der Waals surface area contributed by atoms with Crippen molar-refractivity contribution in [2.75, 3.05) is 13.2 Å². The number of carbonyl (C=O) groups excluding carboxylic acids is 4. The molecule has 12 nitrogen and oxygen atoms in total. The van der Waals surface area contributed by atoms with Crippen LogP contribution in [-0.4, -0.2) is 71.1 Å². The van der Waals surface area contributed by atoms with E-state index in [1.807, 2.05) is 0 Å². The molecule has 0 saturated heterocycles. The Morgan fingerprint density at radius 3 is 2.04 bits per heavy atom. The first-order valence-electron chi connectivity index (χ1n) is 7.74. The van der Waals surface area contributed by atoms with Crippen molar-refractivity contribution in [3.05, 3.63) is 0 Å². The Balaban J connectivity index is 4.68. The van der Waals surface area contributed by atoms with Crippen LogP contribution in [0.25, 0.3) is 0 Å². The van der Waals surface area contributed by atoms with Gasteiger partial charge in [-0.25, -0.2) is 4.79 Å². The maximum Gasteiger partial charge on any atom is 0.328 e. The molecule has 0 aliphatic heterocycles. The fourth-order valence-electron chi connectivity index (χ4n) is 1.81. The Morgan fingerprint density at radius 2 is 1.62 bits per heavy atom. The summed E-state index contributed by atoms with van der Waals surface area (Å²) in [6.07, 6.45) is -0.387. The predicted octanol–water partition coefficient (Wildman–Crippen LogP) is -3.99. The maximum absolute atomic E-state index is 12.1. The van der Waals surface area contributed by atoms with Gasteiger partial charge in [0.05, 0.1) is 25.6 Å². The second kappa shape index (κ2) is 11.0. The average Bonchev–Trinajstić information content (AvgIpc) is 2.53. The van der Waals surface area contributed by atoms with E-state index in [0.717, 1.165) is 0 Å². The van der Waals surface area contributed by atoms with Gasteiger partial charge in [0.1, 0.15) is 12.1 Å². The summed E-state index contributed by atoms with van der Waals surface area (Å²) in [7, 11) is 0. The Morgan fingerprint density at radius 1 is 1.04 bits per heavy atom. The van der Waals surface area contributed by atoms with Gasteiger partial charge in [-0.2, -0.15) is 0 Å². The first-order chi connectivity index (χ1) is 12.0. The van der Waals surface area contributed by atoms with Gasteiger partial charge < -0.3 is 37.6 Å². The molecule has 4 amide bonds. The molecule has 0 spiro atoms. The van der Waals surface area contributed by atoms with E-state index in [-0.39, 0.29) is 6.42 Å². The minimum absolute atomic E-state index is 0.387. The van der Waals surface area contributed by atoms with E-state index in [1.54, 1.807) is 13.8 Å². The fourth-order valence-corrected chi connectivity index (χ4v) is 1.81. The van der Waals surface area contributed by atoms with Crippen LogP contribution in [0.4, 0.5) is 0 Å². The van der Waals surface area contributed by atoms with E-state index in [2.05, 4.69) is 16.0 Å². The van der Waals surface area contributed by atoms with Crippen molar-refractivity contribution in [2.45, 2.75) is 38.4 Å². The number of aliphatic carboxylic acids is 1. The summed E-state index contributed by atoms with van der Waals surface area (Å²) >= 11 is 0. The van der Waals surface area contributed by atoms with E-state index in [4.69, 9.17) is 21.7 Å². The van der Waals surface area contributed by atoms with E-state index in [9.17, 15) is 24.0 Å². The van der Waals surface area contributed by atoms with Gasteiger partial charge in [-0.3, -0.25) is 19.2 Å². The third-order valence-corrected chi connectivity index (χ3v) is 3.24. The number of hydrogen-bond donors (Lipinski definition) is 7. The number of carboxylic acids is 1. The van der Waals surface area contributed by atoms with Crippen LogP contribution in [-0.2, 0) is 24.0 Å². The lowest BCUT2D eigenvalue weighted by molar-refractivity contribution is -0.143. The molecule has 148 valence electrons. The summed E-state index contributed by atoms with van der Waals surface area (Å²) in [5.74, 6) is -4.90. The third-order valence-electron chi connectivity index (χ3n) is 3.24. The van der Waals surface area contributed by atoms with Crippen LogP contribution in [0.2, 0.25) is 0 Å². The van der Waals surface area contributed by atoms with Crippen LogP contribution in [0.1, 0.15) is 20.3 Å². The summed E-state index contributed by atoms with van der Waals surface area (Å²) < 4.78 is 0. The number of aliphatic hydroxyl groups is 1. The van der Waals surface area contributed by atoms with Crippen LogP contribution >= 0.6 is 0 Å². The lowest BCUT2D eigenvalue weighted by Gasteiger charge is -2.23. The minimum atomic E-state index is -1.51. The molecule has 0 aliphatic rings. The number of carboxylic acid groups (broad SMARTS) is 1. The number of aliphatic hydroxyl groups excluding tert-OH is 1. The zero-order chi connectivity index (χ0) is 20.4. The Kier molecular flexibility index (Phi) is 9.84. The number of carbonyl (C=O) groups is 5. The molecule has 0 aromatic carbocycles. The molecule has 26 heavy (non-hydrogen) atoms. The Bertz CT molecular complexity index is 552. The van der Waals surface area contributed by atoms with E-state index >= 15 is 0 Å². The number of nitrogens with two attached hydrogens (primary N) is 2. The molecule has 9 N–H and O–H groups in total. The second-order valence-corrected chi connectivity index (χ2v) is 5.87. The summed E-state index contributed by atoms with van der Waals surface area (Å²) in [4.78, 5) is 57.1. The molecule has 0 aliphatic carbocycles. The molecular weight excluding hydrogens is 350 g/mol. The highest BCUT2D eigenvalue weighted by molar-refractivity contribution is 5.93. The Hall–Kier alpha value is -2.73. The van der Waals surface area contributed by atoms with Crippen LogP contribution in [0.3, 0.4) is 0 Å². The topological polar surface area (TPSA) is 214 Å². The van der Waals surface area contributed by atoms with Gasteiger partial charge in [0.2, 0.25) is 23.6 Å². The molecule has 0 aromatic heterocycles. The minimum Gasteiger partial charge on any atom is -0.480 e. The monoisotopic (exact) mass is 375 g/mol. The van der Waals surface area contributed by atoms with Gasteiger partial charge in [-0.1, -0.05) is 13.8 Å². The standard InChI is InChI=1S/C14H25N5O7/c1-6(2)11(13(24)18-8(5-20)14(25)26)19-10(22)4-17-12(23)7(15)3-9(16)21/h6-8,11,20H,3-5,15H2,1-2H3,(H2,16,21)(H,17,23)(H,18,24)(H,19,22)(H,25,26). The largest absolute Gasteiger partial charge is 0.480 e. The number of hydrogen-bond acceptors (Lipinski definition) is 7. The predicted molar refractivity (Wildman–Crippen MR) is 88.2 cm³/mol. The highest BCUT2D eigenvalue weighted by Gasteiger charge is 2.28. The van der Waals surface area contributed by atoms with Gasteiger partial charge in [0, 0.05) is 0 Å².